The lowest BCUT2D eigenvalue weighted by Crippen LogP contribution is -2.14. The third kappa shape index (κ3) is 2.58. The van der Waals surface area contributed by atoms with Crippen molar-refractivity contribution < 1.29 is 10.2 Å². The summed E-state index contributed by atoms with van der Waals surface area (Å²) in [4.78, 5) is 18.6. The number of aliphatic hydroxyl groups excluding tert-OH is 1. The van der Waals surface area contributed by atoms with Crippen LogP contribution in [0.15, 0.2) is 53.3 Å². The fourth-order valence-corrected chi connectivity index (χ4v) is 3.41. The number of H-pyrrole nitrogens is 2. The third-order valence-electron chi connectivity index (χ3n) is 4.61. The van der Waals surface area contributed by atoms with E-state index in [1.165, 1.54) is 0 Å². The molecule has 0 saturated heterocycles. The van der Waals surface area contributed by atoms with Crippen LogP contribution in [0.2, 0.25) is 0 Å². The highest BCUT2D eigenvalue weighted by atomic mass is 16.3. The summed E-state index contributed by atoms with van der Waals surface area (Å²) in [6.45, 7) is 0.0227. The van der Waals surface area contributed by atoms with Gasteiger partial charge in [0, 0.05) is 35.0 Å². The maximum atomic E-state index is 12.5. The van der Waals surface area contributed by atoms with Crippen molar-refractivity contribution in [2.75, 3.05) is 6.61 Å². The maximum absolute atomic E-state index is 12.5. The summed E-state index contributed by atoms with van der Waals surface area (Å²) in [5.41, 5.74) is 3.41. The lowest BCUT2D eigenvalue weighted by molar-refractivity contribution is 0.299. The van der Waals surface area contributed by atoms with Crippen LogP contribution in [0.5, 0.6) is 5.75 Å². The van der Waals surface area contributed by atoms with Crippen molar-refractivity contribution in [1.29, 1.82) is 0 Å². The second-order valence-corrected chi connectivity index (χ2v) is 6.10. The number of pyridine rings is 1. The Labute approximate surface area is 143 Å². The summed E-state index contributed by atoms with van der Waals surface area (Å²) < 4.78 is 0. The van der Waals surface area contributed by atoms with Gasteiger partial charge in [0.25, 0.3) is 5.56 Å². The number of hydrogen-bond acceptors (Lipinski definition) is 3. The van der Waals surface area contributed by atoms with Crippen LogP contribution in [0.3, 0.4) is 0 Å². The first kappa shape index (κ1) is 15.5. The SMILES string of the molecule is O=c1[nH]c2ccccc2c(O)c1Cc1[nH]c2ccccc2c1CCO. The van der Waals surface area contributed by atoms with Gasteiger partial charge in [0.05, 0.1) is 11.1 Å². The van der Waals surface area contributed by atoms with Crippen molar-refractivity contribution in [3.8, 4) is 5.75 Å². The molecule has 0 radical (unpaired) electrons. The van der Waals surface area contributed by atoms with Crippen LogP contribution in [-0.4, -0.2) is 26.8 Å². The molecule has 4 rings (SSSR count). The summed E-state index contributed by atoms with van der Waals surface area (Å²) in [6, 6.07) is 15.0. The third-order valence-corrected chi connectivity index (χ3v) is 4.61. The molecule has 0 saturated carbocycles. The van der Waals surface area contributed by atoms with Gasteiger partial charge in [-0.1, -0.05) is 30.3 Å². The van der Waals surface area contributed by atoms with Crippen LogP contribution in [0.1, 0.15) is 16.8 Å². The molecule has 0 unspecified atom stereocenters. The van der Waals surface area contributed by atoms with E-state index in [1.54, 1.807) is 12.1 Å². The van der Waals surface area contributed by atoms with Crippen LogP contribution in [-0.2, 0) is 12.8 Å². The molecule has 0 aliphatic heterocycles. The first-order chi connectivity index (χ1) is 12.2. The minimum absolute atomic E-state index is 0.00737. The largest absolute Gasteiger partial charge is 0.507 e. The minimum atomic E-state index is -0.301. The summed E-state index contributed by atoms with van der Waals surface area (Å²) in [5, 5.41) is 21.7. The number of nitrogens with one attached hydrogen (secondary N) is 2. The second-order valence-electron chi connectivity index (χ2n) is 6.10. The zero-order valence-corrected chi connectivity index (χ0v) is 13.5. The fourth-order valence-electron chi connectivity index (χ4n) is 3.41. The van der Waals surface area contributed by atoms with Gasteiger partial charge in [-0.2, -0.15) is 0 Å². The highest BCUT2D eigenvalue weighted by molar-refractivity contribution is 5.87. The van der Waals surface area contributed by atoms with Gasteiger partial charge in [0.1, 0.15) is 5.75 Å². The number of fused-ring (bicyclic) bond motifs is 2. The zero-order chi connectivity index (χ0) is 17.4. The fraction of sp³-hybridized carbons (Fsp3) is 0.150. The molecule has 2 aromatic heterocycles. The second kappa shape index (κ2) is 6.11. The lowest BCUT2D eigenvalue weighted by Gasteiger charge is -2.08. The van der Waals surface area contributed by atoms with E-state index in [0.717, 1.165) is 22.2 Å². The van der Waals surface area contributed by atoms with E-state index >= 15 is 0 Å². The monoisotopic (exact) mass is 334 g/mol. The molecular formula is C20H18N2O3. The molecule has 0 fully saturated rings. The number of aromatic nitrogens is 2. The Morgan fingerprint density at radius 3 is 2.20 bits per heavy atom. The zero-order valence-electron chi connectivity index (χ0n) is 13.5. The van der Waals surface area contributed by atoms with Gasteiger partial charge < -0.3 is 20.2 Å². The van der Waals surface area contributed by atoms with Gasteiger partial charge in [0.15, 0.2) is 0 Å². The van der Waals surface area contributed by atoms with Crippen molar-refractivity contribution in [3.63, 3.8) is 0 Å². The summed E-state index contributed by atoms with van der Waals surface area (Å²) in [6.07, 6.45) is 0.765. The number of aromatic amines is 2. The Morgan fingerprint density at radius 1 is 0.840 bits per heavy atom. The van der Waals surface area contributed by atoms with E-state index in [2.05, 4.69) is 9.97 Å². The Morgan fingerprint density at radius 2 is 1.48 bits per heavy atom. The molecule has 5 heteroatoms. The molecule has 126 valence electrons. The quantitative estimate of drug-likeness (QED) is 0.463. The Kier molecular flexibility index (Phi) is 3.78. The van der Waals surface area contributed by atoms with Crippen molar-refractivity contribution in [2.24, 2.45) is 0 Å². The Hall–Kier alpha value is -3.05. The van der Waals surface area contributed by atoms with Gasteiger partial charge in [0.2, 0.25) is 0 Å². The molecule has 0 spiro atoms. The topological polar surface area (TPSA) is 89.1 Å². The van der Waals surface area contributed by atoms with Gasteiger partial charge in [-0.05, 0) is 30.2 Å². The molecule has 2 aromatic carbocycles. The molecule has 0 aliphatic rings. The van der Waals surface area contributed by atoms with E-state index in [-0.39, 0.29) is 24.3 Å². The van der Waals surface area contributed by atoms with Crippen molar-refractivity contribution in [3.05, 3.63) is 75.7 Å². The van der Waals surface area contributed by atoms with E-state index in [1.807, 2.05) is 36.4 Å². The van der Waals surface area contributed by atoms with E-state index in [4.69, 9.17) is 0 Å². The number of aliphatic hydroxyl groups is 1. The van der Waals surface area contributed by atoms with Crippen LogP contribution < -0.4 is 5.56 Å². The number of hydrogen-bond donors (Lipinski definition) is 4. The van der Waals surface area contributed by atoms with Gasteiger partial charge in [-0.3, -0.25) is 4.79 Å². The maximum Gasteiger partial charge on any atom is 0.255 e. The highest BCUT2D eigenvalue weighted by Gasteiger charge is 2.17. The summed E-state index contributed by atoms with van der Waals surface area (Å²) >= 11 is 0. The molecule has 0 aliphatic carbocycles. The number of rotatable bonds is 4. The van der Waals surface area contributed by atoms with Gasteiger partial charge >= 0.3 is 0 Å². The molecule has 25 heavy (non-hydrogen) atoms. The number of benzene rings is 2. The van der Waals surface area contributed by atoms with Crippen LogP contribution in [0.25, 0.3) is 21.8 Å². The van der Waals surface area contributed by atoms with Gasteiger partial charge in [-0.15, -0.1) is 0 Å². The molecule has 5 nitrogen and oxygen atoms in total. The molecular weight excluding hydrogens is 316 g/mol. The first-order valence-electron chi connectivity index (χ1n) is 8.21. The smallest absolute Gasteiger partial charge is 0.255 e. The van der Waals surface area contributed by atoms with Crippen molar-refractivity contribution in [1.82, 2.24) is 9.97 Å². The standard InChI is InChI=1S/C20H18N2O3/c23-10-9-13-12-5-1-3-7-16(12)21-18(13)11-15-19(24)14-6-2-4-8-17(14)22-20(15)25/h1-8,21,23H,9-11H2,(H2,22,24,25). The van der Waals surface area contributed by atoms with Gasteiger partial charge in [-0.25, -0.2) is 0 Å². The molecule has 0 amide bonds. The van der Waals surface area contributed by atoms with Crippen molar-refractivity contribution in [2.45, 2.75) is 12.8 Å². The number of para-hydroxylation sites is 2. The molecule has 0 bridgehead atoms. The molecule has 2 heterocycles. The molecule has 0 atom stereocenters. The normalized spacial score (nSPS) is 11.4. The van der Waals surface area contributed by atoms with Crippen LogP contribution >= 0.6 is 0 Å². The average Bonchev–Trinajstić information content (AvgIpc) is 2.97. The Bertz CT molecular complexity index is 1120. The van der Waals surface area contributed by atoms with E-state index in [9.17, 15) is 15.0 Å². The van der Waals surface area contributed by atoms with Crippen LogP contribution in [0, 0.1) is 0 Å². The average molecular weight is 334 g/mol. The highest BCUT2D eigenvalue weighted by Crippen LogP contribution is 2.29. The van der Waals surface area contributed by atoms with Crippen molar-refractivity contribution >= 4 is 21.8 Å². The molecule has 4 aromatic rings. The predicted octanol–water partition coefficient (Wildman–Crippen LogP) is 2.84. The van der Waals surface area contributed by atoms with E-state index < -0.39 is 0 Å². The lowest BCUT2D eigenvalue weighted by atomic mass is 10.0. The predicted molar refractivity (Wildman–Crippen MR) is 98.1 cm³/mol. The number of aromatic hydroxyl groups is 1. The summed E-state index contributed by atoms with van der Waals surface area (Å²) in [7, 11) is 0. The molecule has 4 N–H and O–H groups in total. The van der Waals surface area contributed by atoms with Crippen LogP contribution in [0.4, 0.5) is 0 Å². The minimum Gasteiger partial charge on any atom is -0.507 e. The summed E-state index contributed by atoms with van der Waals surface area (Å²) in [5.74, 6) is 0.00737. The van der Waals surface area contributed by atoms with E-state index in [0.29, 0.717) is 22.9 Å². The first-order valence-corrected chi connectivity index (χ1v) is 8.21. The Balaban J connectivity index is 1.88.